The summed E-state index contributed by atoms with van der Waals surface area (Å²) in [6.07, 6.45) is -10.6. The summed E-state index contributed by atoms with van der Waals surface area (Å²) in [4.78, 5) is 5.44. The number of nitrogens with one attached hydrogen (secondary N) is 1. The Morgan fingerprint density at radius 1 is 1.13 bits per heavy atom. The largest absolute Gasteiger partial charge is 0.433 e. The molecule has 0 fully saturated rings. The van der Waals surface area contributed by atoms with Crippen molar-refractivity contribution >= 4 is 15.5 Å². The zero-order valence-electron chi connectivity index (χ0n) is 15.0. The number of benzene rings is 1. The third-order valence-electron chi connectivity index (χ3n) is 3.95. The van der Waals surface area contributed by atoms with Crippen molar-refractivity contribution in [2.24, 2.45) is 0 Å². The number of hydrogen-bond donors (Lipinski definition) is 1. The number of sulfone groups is 1. The Balaban J connectivity index is 2.41. The average molecular weight is 450 g/mol. The van der Waals surface area contributed by atoms with Gasteiger partial charge in [-0.2, -0.15) is 31.6 Å². The van der Waals surface area contributed by atoms with Crippen molar-refractivity contribution in [2.45, 2.75) is 35.8 Å². The number of hydrogen-bond acceptors (Lipinski definition) is 6. The monoisotopic (exact) mass is 450 g/mol. The third kappa shape index (κ3) is 4.93. The zero-order valence-corrected chi connectivity index (χ0v) is 15.8. The van der Waals surface area contributed by atoms with Crippen molar-refractivity contribution in [3.63, 3.8) is 0 Å². The molecule has 1 atom stereocenters. The van der Waals surface area contributed by atoms with Crippen molar-refractivity contribution in [1.82, 2.24) is 9.97 Å². The Morgan fingerprint density at radius 3 is 2.27 bits per heavy atom. The highest BCUT2D eigenvalue weighted by Gasteiger charge is 2.39. The van der Waals surface area contributed by atoms with Crippen LogP contribution in [0.15, 0.2) is 35.2 Å². The summed E-state index contributed by atoms with van der Waals surface area (Å²) in [6, 6.07) is 5.13. The van der Waals surface area contributed by atoms with Crippen molar-refractivity contribution in [2.75, 3.05) is 0 Å². The third-order valence-corrected chi connectivity index (χ3v) is 6.14. The smallest absolute Gasteiger partial charge is 0.303 e. The van der Waals surface area contributed by atoms with E-state index in [1.165, 1.54) is 6.07 Å². The van der Waals surface area contributed by atoms with Gasteiger partial charge in [-0.05, 0) is 25.1 Å². The van der Waals surface area contributed by atoms with E-state index >= 15 is 0 Å². The Morgan fingerprint density at radius 2 is 1.73 bits per heavy atom. The van der Waals surface area contributed by atoms with E-state index in [0.29, 0.717) is 12.1 Å². The molecular formula is C17H12F6N4O2S. The van der Waals surface area contributed by atoms with E-state index in [4.69, 9.17) is 10.7 Å². The normalized spacial score (nSPS) is 13.5. The molecule has 0 saturated heterocycles. The predicted octanol–water partition coefficient (Wildman–Crippen LogP) is 4.01. The van der Waals surface area contributed by atoms with Crippen LogP contribution >= 0.6 is 0 Å². The predicted molar refractivity (Wildman–Crippen MR) is 91.3 cm³/mol. The number of nitrogens with zero attached hydrogens (tertiary/aromatic N) is 3. The van der Waals surface area contributed by atoms with Gasteiger partial charge in [0.15, 0.2) is 9.84 Å². The molecule has 1 heterocycles. The lowest BCUT2D eigenvalue weighted by atomic mass is 10.1. The molecule has 6 nitrogen and oxygen atoms in total. The van der Waals surface area contributed by atoms with Gasteiger partial charge in [-0.25, -0.2) is 18.4 Å². The van der Waals surface area contributed by atoms with Gasteiger partial charge in [-0.1, -0.05) is 12.1 Å². The van der Waals surface area contributed by atoms with Crippen LogP contribution < -0.4 is 0 Å². The van der Waals surface area contributed by atoms with Crippen molar-refractivity contribution in [1.29, 1.82) is 10.7 Å². The molecule has 1 aromatic heterocycles. The molecule has 0 aliphatic rings. The lowest BCUT2D eigenvalue weighted by molar-refractivity contribution is -0.141. The Bertz CT molecular complexity index is 1120. The molecule has 13 heteroatoms. The summed E-state index contributed by atoms with van der Waals surface area (Å²) in [7, 11) is -4.60. The maximum atomic E-state index is 13.1. The fourth-order valence-electron chi connectivity index (χ4n) is 2.46. The van der Waals surface area contributed by atoms with Crippen LogP contribution in [0.3, 0.4) is 0 Å². The molecule has 0 saturated carbocycles. The molecule has 1 N–H and O–H groups in total. The summed E-state index contributed by atoms with van der Waals surface area (Å²) in [5, 5.41) is 15.1. The molecule has 0 aliphatic carbocycles. The van der Waals surface area contributed by atoms with Crippen LogP contribution in [0.4, 0.5) is 26.3 Å². The molecule has 2 rings (SSSR count). The first-order valence-corrected chi connectivity index (χ1v) is 9.57. The standard InChI is InChI=1S/C17H12F6N4O2S/c1-9(30(28,29)13-5-3-2-4-10(13)16(18,19)20)6-11(25)12-7-14(17(21,22)23)27-15(8-24)26-12/h2-5,7,9,25H,6H2,1H3/t9-/m0/s1. The number of rotatable bonds is 5. The SMILES string of the molecule is C[C@@H](CC(=N)c1cc(C(F)(F)F)nc(C#N)n1)S(=O)(=O)c1ccccc1C(F)(F)F. The molecule has 0 spiro atoms. The van der Waals surface area contributed by atoms with Gasteiger partial charge in [0, 0.05) is 6.42 Å². The van der Waals surface area contributed by atoms with Crippen LogP contribution in [-0.4, -0.2) is 29.3 Å². The first-order chi connectivity index (χ1) is 13.7. The molecule has 30 heavy (non-hydrogen) atoms. The molecule has 0 bridgehead atoms. The van der Waals surface area contributed by atoms with Crippen molar-refractivity contribution in [3.8, 4) is 6.07 Å². The lowest BCUT2D eigenvalue weighted by Crippen LogP contribution is -2.25. The number of halogens is 6. The maximum Gasteiger partial charge on any atom is 0.433 e. The van der Waals surface area contributed by atoms with Gasteiger partial charge in [0.25, 0.3) is 0 Å². The lowest BCUT2D eigenvalue weighted by Gasteiger charge is -2.18. The average Bonchev–Trinajstić information content (AvgIpc) is 2.66. The molecule has 0 radical (unpaired) electrons. The van der Waals surface area contributed by atoms with Crippen LogP contribution in [0.5, 0.6) is 0 Å². The first-order valence-electron chi connectivity index (χ1n) is 8.02. The molecule has 1 aromatic carbocycles. The molecule has 0 aliphatic heterocycles. The number of alkyl halides is 6. The fourth-order valence-corrected chi connectivity index (χ4v) is 4.04. The van der Waals surface area contributed by atoms with Crippen LogP contribution in [0.25, 0.3) is 0 Å². The van der Waals surface area contributed by atoms with Crippen LogP contribution in [-0.2, 0) is 22.2 Å². The van der Waals surface area contributed by atoms with Gasteiger partial charge in [0.1, 0.15) is 11.8 Å². The van der Waals surface area contributed by atoms with Gasteiger partial charge in [0.05, 0.1) is 27.1 Å². The molecular weight excluding hydrogens is 438 g/mol. The number of nitriles is 1. The highest BCUT2D eigenvalue weighted by atomic mass is 32.2. The van der Waals surface area contributed by atoms with E-state index in [0.717, 1.165) is 25.1 Å². The van der Waals surface area contributed by atoms with Crippen LogP contribution in [0.1, 0.15) is 36.1 Å². The summed E-state index contributed by atoms with van der Waals surface area (Å²) in [5.74, 6) is -0.887. The van der Waals surface area contributed by atoms with Crippen LogP contribution in [0, 0.1) is 16.7 Å². The van der Waals surface area contributed by atoms with E-state index in [9.17, 15) is 34.8 Å². The Labute approximate surface area is 166 Å². The van der Waals surface area contributed by atoms with E-state index in [-0.39, 0.29) is 0 Å². The van der Waals surface area contributed by atoms with Gasteiger partial charge in [-0.3, -0.25) is 0 Å². The second kappa shape index (κ2) is 8.02. The second-order valence-electron chi connectivity index (χ2n) is 6.10. The maximum absolute atomic E-state index is 13.1. The van der Waals surface area contributed by atoms with Gasteiger partial charge in [-0.15, -0.1) is 0 Å². The van der Waals surface area contributed by atoms with Crippen molar-refractivity contribution < 1.29 is 34.8 Å². The van der Waals surface area contributed by atoms with Gasteiger partial charge in [0.2, 0.25) is 5.82 Å². The van der Waals surface area contributed by atoms with E-state index in [2.05, 4.69) is 9.97 Å². The first kappa shape index (κ1) is 23.3. The summed E-state index contributed by atoms with van der Waals surface area (Å²) in [5.41, 5.74) is -4.26. The Hall–Kier alpha value is -3.01. The summed E-state index contributed by atoms with van der Waals surface area (Å²) < 4.78 is 103. The molecule has 0 amide bonds. The minimum absolute atomic E-state index is 0.367. The van der Waals surface area contributed by atoms with Crippen LogP contribution in [0.2, 0.25) is 0 Å². The minimum Gasteiger partial charge on any atom is -0.303 e. The van der Waals surface area contributed by atoms with Crippen molar-refractivity contribution in [3.05, 3.63) is 53.1 Å². The second-order valence-corrected chi connectivity index (χ2v) is 8.44. The quantitative estimate of drug-likeness (QED) is 0.547. The summed E-state index contributed by atoms with van der Waals surface area (Å²) in [6.45, 7) is 1.02. The molecule has 0 unspecified atom stereocenters. The topological polar surface area (TPSA) is 108 Å². The highest BCUT2D eigenvalue weighted by molar-refractivity contribution is 7.92. The fraction of sp³-hybridized carbons (Fsp3) is 0.294. The minimum atomic E-state index is -4.95. The molecule has 160 valence electrons. The highest BCUT2D eigenvalue weighted by Crippen LogP contribution is 2.36. The van der Waals surface area contributed by atoms with Gasteiger partial charge < -0.3 is 5.41 Å². The zero-order chi connectivity index (χ0) is 22.9. The van der Waals surface area contributed by atoms with E-state index < -0.39 is 67.2 Å². The van der Waals surface area contributed by atoms with Gasteiger partial charge >= 0.3 is 12.4 Å². The van der Waals surface area contributed by atoms with E-state index in [1.807, 2.05) is 0 Å². The Kier molecular flexibility index (Phi) is 6.22. The molecule has 2 aromatic rings. The van der Waals surface area contributed by atoms with E-state index in [1.54, 1.807) is 0 Å². The summed E-state index contributed by atoms with van der Waals surface area (Å²) >= 11 is 0. The number of aromatic nitrogens is 2.